The number of nitrogens with zero attached hydrogens (tertiary/aromatic N) is 2. The van der Waals surface area contributed by atoms with Crippen molar-refractivity contribution in [1.82, 2.24) is 9.78 Å². The van der Waals surface area contributed by atoms with Crippen molar-refractivity contribution in [3.63, 3.8) is 0 Å². The Balaban J connectivity index is 1.87. The predicted octanol–water partition coefficient (Wildman–Crippen LogP) is 4.14. The van der Waals surface area contributed by atoms with E-state index in [4.69, 9.17) is 11.6 Å². The maximum Gasteiger partial charge on any atom is 0.272 e. The van der Waals surface area contributed by atoms with E-state index in [1.807, 2.05) is 24.3 Å². The van der Waals surface area contributed by atoms with Crippen LogP contribution < -0.4 is 5.56 Å². The van der Waals surface area contributed by atoms with Crippen molar-refractivity contribution in [3.8, 4) is 11.3 Å². The zero-order valence-corrected chi connectivity index (χ0v) is 15.7. The van der Waals surface area contributed by atoms with Gasteiger partial charge in [0.1, 0.15) is 5.82 Å². The molecule has 0 aliphatic heterocycles. The van der Waals surface area contributed by atoms with Crippen LogP contribution in [0.5, 0.6) is 0 Å². The fourth-order valence-electron chi connectivity index (χ4n) is 2.93. The van der Waals surface area contributed by atoms with E-state index >= 15 is 0 Å². The van der Waals surface area contributed by atoms with E-state index in [1.165, 1.54) is 10.7 Å². The molecule has 6 heteroatoms. The van der Waals surface area contributed by atoms with E-state index in [-0.39, 0.29) is 23.5 Å². The van der Waals surface area contributed by atoms with Gasteiger partial charge in [0.05, 0.1) is 12.3 Å². The number of aryl methyl sites for hydroxylation is 3. The van der Waals surface area contributed by atoms with Crippen LogP contribution in [-0.4, -0.2) is 14.9 Å². The van der Waals surface area contributed by atoms with Gasteiger partial charge in [-0.2, -0.15) is 5.10 Å². The molecule has 0 aliphatic rings. The highest BCUT2D eigenvalue weighted by molar-refractivity contribution is 6.31. The number of hydrogen-bond acceptors (Lipinski definition) is 3. The summed E-state index contributed by atoms with van der Waals surface area (Å²) in [6, 6.07) is 13.8. The Morgan fingerprint density at radius 3 is 2.63 bits per heavy atom. The second-order valence-electron chi connectivity index (χ2n) is 6.40. The molecule has 0 fully saturated rings. The Kier molecular flexibility index (Phi) is 6.04. The van der Waals surface area contributed by atoms with Gasteiger partial charge < -0.3 is 5.11 Å². The topological polar surface area (TPSA) is 55.1 Å². The molecule has 3 aromatic rings. The zero-order valence-electron chi connectivity index (χ0n) is 15.0. The minimum absolute atomic E-state index is 0.264. The van der Waals surface area contributed by atoms with Crippen molar-refractivity contribution in [2.75, 3.05) is 0 Å². The first-order valence-corrected chi connectivity index (χ1v) is 9.09. The fourth-order valence-corrected chi connectivity index (χ4v) is 3.16. The molecule has 1 N–H and O–H groups in total. The average Bonchev–Trinajstić information content (AvgIpc) is 2.67. The number of aliphatic hydroxyl groups excluding tert-OH is 1. The third-order valence-corrected chi connectivity index (χ3v) is 4.82. The smallest absolute Gasteiger partial charge is 0.272 e. The molecule has 0 saturated heterocycles. The molecule has 1 aromatic heterocycles. The second kappa shape index (κ2) is 8.46. The van der Waals surface area contributed by atoms with E-state index in [9.17, 15) is 14.3 Å². The summed E-state index contributed by atoms with van der Waals surface area (Å²) in [5, 5.41) is 14.6. The Hall–Kier alpha value is -2.50. The molecule has 140 valence electrons. The highest BCUT2D eigenvalue weighted by Crippen LogP contribution is 2.20. The molecule has 0 bridgehead atoms. The molecular weight excluding hydrogens is 367 g/mol. The zero-order chi connectivity index (χ0) is 19.4. The molecule has 2 aromatic carbocycles. The normalized spacial score (nSPS) is 11.0. The lowest BCUT2D eigenvalue weighted by Crippen LogP contribution is -2.27. The summed E-state index contributed by atoms with van der Waals surface area (Å²) in [5.41, 5.74) is 2.68. The van der Waals surface area contributed by atoms with Crippen LogP contribution in [0.3, 0.4) is 0 Å². The summed E-state index contributed by atoms with van der Waals surface area (Å²) in [6.45, 7) is 1.69. The molecule has 0 radical (unpaired) electrons. The molecule has 0 amide bonds. The molecule has 27 heavy (non-hydrogen) atoms. The fraction of sp³-hybridized carbons (Fsp3) is 0.238. The number of aliphatic hydroxyl groups is 1. The van der Waals surface area contributed by atoms with Gasteiger partial charge in [-0.3, -0.25) is 4.79 Å². The largest absolute Gasteiger partial charge is 0.391 e. The number of rotatable bonds is 6. The Morgan fingerprint density at radius 1 is 1.15 bits per heavy atom. The minimum Gasteiger partial charge on any atom is -0.391 e. The molecule has 0 aliphatic carbocycles. The van der Waals surface area contributed by atoms with Crippen molar-refractivity contribution in [2.24, 2.45) is 0 Å². The van der Waals surface area contributed by atoms with Gasteiger partial charge in [-0.1, -0.05) is 29.8 Å². The van der Waals surface area contributed by atoms with E-state index in [0.717, 1.165) is 5.56 Å². The lowest BCUT2D eigenvalue weighted by Gasteiger charge is -2.11. The first kappa shape index (κ1) is 19.3. The molecule has 0 atom stereocenters. The van der Waals surface area contributed by atoms with Crippen molar-refractivity contribution in [3.05, 3.63) is 86.4 Å². The molecule has 0 spiro atoms. The van der Waals surface area contributed by atoms with E-state index in [0.29, 0.717) is 41.2 Å². The summed E-state index contributed by atoms with van der Waals surface area (Å²) in [6.07, 6.45) is 1.38. The number of benzene rings is 2. The van der Waals surface area contributed by atoms with Crippen molar-refractivity contribution >= 4 is 11.6 Å². The number of halogens is 2. The van der Waals surface area contributed by atoms with Crippen LogP contribution in [0.15, 0.2) is 53.3 Å². The number of hydrogen-bond donors (Lipinski definition) is 1. The van der Waals surface area contributed by atoms with Crippen LogP contribution in [0.1, 0.15) is 23.1 Å². The molecule has 4 nitrogen and oxygen atoms in total. The lowest BCUT2D eigenvalue weighted by atomic mass is 10.1. The Labute approximate surface area is 161 Å². The van der Waals surface area contributed by atoms with Crippen molar-refractivity contribution < 1.29 is 9.50 Å². The first-order valence-electron chi connectivity index (χ1n) is 8.71. The summed E-state index contributed by atoms with van der Waals surface area (Å²) in [4.78, 5) is 12.5. The maximum absolute atomic E-state index is 13.5. The summed E-state index contributed by atoms with van der Waals surface area (Å²) in [7, 11) is 0. The number of aromatic nitrogens is 2. The van der Waals surface area contributed by atoms with E-state index < -0.39 is 0 Å². The highest BCUT2D eigenvalue weighted by Gasteiger charge is 2.11. The SMILES string of the molecule is Cc1cc(-c2cc(CO)c(=O)n(CCCc3ccccc3Cl)n2)ccc1F. The monoisotopic (exact) mass is 386 g/mol. The Bertz CT molecular complexity index is 1020. The third kappa shape index (κ3) is 4.43. The molecule has 0 saturated carbocycles. The molecule has 0 unspecified atom stereocenters. The van der Waals surface area contributed by atoms with Crippen LogP contribution >= 0.6 is 11.6 Å². The van der Waals surface area contributed by atoms with Gasteiger partial charge in [0.15, 0.2) is 0 Å². The van der Waals surface area contributed by atoms with Crippen LogP contribution in [-0.2, 0) is 19.6 Å². The van der Waals surface area contributed by atoms with Crippen LogP contribution in [0.4, 0.5) is 4.39 Å². The van der Waals surface area contributed by atoms with Crippen molar-refractivity contribution in [1.29, 1.82) is 0 Å². The lowest BCUT2D eigenvalue weighted by molar-refractivity contribution is 0.278. The van der Waals surface area contributed by atoms with Gasteiger partial charge in [-0.25, -0.2) is 9.07 Å². The van der Waals surface area contributed by atoms with Gasteiger partial charge in [0, 0.05) is 22.7 Å². The van der Waals surface area contributed by atoms with Gasteiger partial charge in [0.25, 0.3) is 5.56 Å². The van der Waals surface area contributed by atoms with Gasteiger partial charge in [0.2, 0.25) is 0 Å². The maximum atomic E-state index is 13.5. The van der Waals surface area contributed by atoms with Gasteiger partial charge >= 0.3 is 0 Å². The summed E-state index contributed by atoms with van der Waals surface area (Å²) in [5.74, 6) is -0.297. The predicted molar refractivity (Wildman–Crippen MR) is 104 cm³/mol. The first-order chi connectivity index (χ1) is 13.0. The van der Waals surface area contributed by atoms with E-state index in [2.05, 4.69) is 5.10 Å². The van der Waals surface area contributed by atoms with Crippen LogP contribution in [0, 0.1) is 12.7 Å². The average molecular weight is 387 g/mol. The van der Waals surface area contributed by atoms with Crippen LogP contribution in [0.25, 0.3) is 11.3 Å². The van der Waals surface area contributed by atoms with Crippen LogP contribution in [0.2, 0.25) is 5.02 Å². The highest BCUT2D eigenvalue weighted by atomic mass is 35.5. The molecule has 1 heterocycles. The van der Waals surface area contributed by atoms with Gasteiger partial charge in [-0.05, 0) is 61.2 Å². The van der Waals surface area contributed by atoms with Gasteiger partial charge in [-0.15, -0.1) is 0 Å². The standard InChI is InChI=1S/C21H20ClFN2O2/c1-14-11-16(8-9-19(14)23)20-12-17(13-26)21(27)25(24-20)10-4-6-15-5-2-3-7-18(15)22/h2-3,5,7-9,11-12,26H,4,6,10,13H2,1H3. The second-order valence-corrected chi connectivity index (χ2v) is 6.81. The molecule has 3 rings (SSSR count). The quantitative estimate of drug-likeness (QED) is 0.692. The summed E-state index contributed by atoms with van der Waals surface area (Å²) < 4.78 is 14.9. The Morgan fingerprint density at radius 2 is 1.93 bits per heavy atom. The van der Waals surface area contributed by atoms with Crippen molar-refractivity contribution in [2.45, 2.75) is 32.9 Å². The third-order valence-electron chi connectivity index (χ3n) is 4.45. The molecular formula is C21H20ClFN2O2. The minimum atomic E-state index is -0.376. The summed E-state index contributed by atoms with van der Waals surface area (Å²) >= 11 is 6.17. The van der Waals surface area contributed by atoms with E-state index in [1.54, 1.807) is 25.1 Å².